The molecule has 2 aliphatic heterocycles. The van der Waals surface area contributed by atoms with E-state index in [2.05, 4.69) is 20.4 Å². The van der Waals surface area contributed by atoms with Gasteiger partial charge in [-0.3, -0.25) is 4.79 Å². The van der Waals surface area contributed by atoms with Crippen molar-refractivity contribution >= 4 is 29.3 Å². The highest BCUT2D eigenvalue weighted by molar-refractivity contribution is 6.31. The fourth-order valence-corrected chi connectivity index (χ4v) is 6.31. The van der Waals surface area contributed by atoms with Gasteiger partial charge >= 0.3 is 12.1 Å². The van der Waals surface area contributed by atoms with Crippen LogP contribution in [0.4, 0.5) is 29.3 Å². The Morgan fingerprint density at radius 3 is 2.48 bits per heavy atom. The molecule has 4 aromatic rings. The third-order valence-corrected chi connectivity index (χ3v) is 8.87. The van der Waals surface area contributed by atoms with Gasteiger partial charge in [-0.25, -0.2) is 9.07 Å². The number of hydrogen-bond donors (Lipinski definition) is 3. The predicted octanol–water partition coefficient (Wildman–Crippen LogP) is 5.73. The summed E-state index contributed by atoms with van der Waals surface area (Å²) in [5.41, 5.74) is 7.18. The summed E-state index contributed by atoms with van der Waals surface area (Å²) in [5, 5.41) is 16.6. The maximum absolute atomic E-state index is 14.8. The zero-order chi connectivity index (χ0) is 32.8. The van der Waals surface area contributed by atoms with E-state index < -0.39 is 30.1 Å². The maximum Gasteiger partial charge on any atom is 0.429 e. The molecule has 2 aromatic heterocycles. The molecule has 2 aliphatic rings. The molecule has 2 aromatic carbocycles. The van der Waals surface area contributed by atoms with Crippen molar-refractivity contribution in [2.75, 3.05) is 30.3 Å². The summed E-state index contributed by atoms with van der Waals surface area (Å²) in [5.74, 6) is -1.82. The van der Waals surface area contributed by atoms with Gasteiger partial charge in [-0.1, -0.05) is 29.8 Å². The van der Waals surface area contributed by atoms with Crippen LogP contribution in [0, 0.1) is 18.2 Å². The van der Waals surface area contributed by atoms with E-state index in [-0.39, 0.29) is 33.5 Å². The van der Waals surface area contributed by atoms with Gasteiger partial charge in [0.05, 0.1) is 16.4 Å². The van der Waals surface area contributed by atoms with Crippen LogP contribution in [0.25, 0.3) is 16.8 Å². The molecule has 1 unspecified atom stereocenters. The number of piperidine rings is 1. The van der Waals surface area contributed by atoms with Crippen molar-refractivity contribution in [3.8, 4) is 22.7 Å². The minimum atomic E-state index is -4.88. The fraction of sp³-hybridized carbons (Fsp3) is 0.355. The molecule has 10 nitrogen and oxygen atoms in total. The van der Waals surface area contributed by atoms with Crippen LogP contribution in [0.3, 0.4) is 0 Å². The van der Waals surface area contributed by atoms with E-state index in [1.54, 1.807) is 13.0 Å². The number of halogens is 5. The number of carboxylic acid groups (broad SMARTS) is 1. The fourth-order valence-electron chi connectivity index (χ4n) is 6.13. The number of benzene rings is 2. The number of anilines is 2. The SMILES string of the molecule is Cc1ccn(-c2cc(-c3ccc(F)c(Cl)c3)ccc2C(Oc2cc(N3CCC4(CC3)CN[C@H](C(=O)O)C4)nc(N)n2)C(F)(F)F)n1. The first-order valence-corrected chi connectivity index (χ1v) is 14.9. The number of nitrogens with one attached hydrogen (secondary N) is 1. The molecule has 2 atom stereocenters. The second-order valence-electron chi connectivity index (χ2n) is 11.7. The van der Waals surface area contributed by atoms with Gasteiger partial charge in [0, 0.05) is 37.5 Å². The minimum Gasteiger partial charge on any atom is -0.480 e. The van der Waals surface area contributed by atoms with Crippen molar-refractivity contribution in [1.29, 1.82) is 0 Å². The number of aryl methyl sites for hydroxylation is 1. The summed E-state index contributed by atoms with van der Waals surface area (Å²) >= 11 is 5.97. The molecule has 0 bridgehead atoms. The van der Waals surface area contributed by atoms with Crippen LogP contribution in [-0.2, 0) is 4.79 Å². The number of alkyl halides is 3. The Bertz CT molecular complexity index is 1780. The molecule has 2 saturated heterocycles. The van der Waals surface area contributed by atoms with E-state index in [1.165, 1.54) is 53.3 Å². The molecule has 2 fully saturated rings. The van der Waals surface area contributed by atoms with Gasteiger partial charge in [-0.15, -0.1) is 0 Å². The number of rotatable bonds is 7. The second-order valence-corrected chi connectivity index (χ2v) is 12.1. The van der Waals surface area contributed by atoms with Crippen molar-refractivity contribution in [1.82, 2.24) is 25.1 Å². The molecular formula is C31H30ClF4N7O3. The van der Waals surface area contributed by atoms with Gasteiger partial charge < -0.3 is 25.8 Å². The Morgan fingerprint density at radius 2 is 1.85 bits per heavy atom. The number of hydrogen-bond acceptors (Lipinski definition) is 8. The normalized spacial score (nSPS) is 18.6. The van der Waals surface area contributed by atoms with E-state index in [0.29, 0.717) is 61.5 Å². The van der Waals surface area contributed by atoms with Crippen LogP contribution in [0.2, 0.25) is 5.02 Å². The molecule has 15 heteroatoms. The van der Waals surface area contributed by atoms with Crippen LogP contribution < -0.4 is 20.7 Å². The largest absolute Gasteiger partial charge is 0.480 e. The highest BCUT2D eigenvalue weighted by Crippen LogP contribution is 2.43. The summed E-state index contributed by atoms with van der Waals surface area (Å²) in [6.45, 7) is 3.30. The first-order chi connectivity index (χ1) is 21.8. The predicted molar refractivity (Wildman–Crippen MR) is 162 cm³/mol. The highest BCUT2D eigenvalue weighted by atomic mass is 35.5. The molecule has 4 N–H and O–H groups in total. The Labute approximate surface area is 266 Å². The lowest BCUT2D eigenvalue weighted by Gasteiger charge is -2.39. The van der Waals surface area contributed by atoms with Gasteiger partial charge in [-0.2, -0.15) is 28.2 Å². The van der Waals surface area contributed by atoms with Gasteiger partial charge in [0.2, 0.25) is 17.9 Å². The summed E-state index contributed by atoms with van der Waals surface area (Å²) in [6, 6.07) is 10.7. The van der Waals surface area contributed by atoms with Gasteiger partial charge in [0.25, 0.3) is 0 Å². The van der Waals surface area contributed by atoms with Crippen molar-refractivity contribution in [3.63, 3.8) is 0 Å². The van der Waals surface area contributed by atoms with Crippen molar-refractivity contribution < 1.29 is 32.2 Å². The van der Waals surface area contributed by atoms with Gasteiger partial charge in [-0.05, 0) is 67.0 Å². The smallest absolute Gasteiger partial charge is 0.429 e. The van der Waals surface area contributed by atoms with E-state index in [0.717, 1.165) is 0 Å². The lowest BCUT2D eigenvalue weighted by atomic mass is 9.76. The number of ether oxygens (including phenoxy) is 1. The third-order valence-electron chi connectivity index (χ3n) is 8.58. The number of aliphatic carboxylic acids is 1. The molecule has 242 valence electrons. The molecule has 0 radical (unpaired) electrons. The first kappa shape index (κ1) is 31.5. The Hall–Kier alpha value is -4.43. The topological polar surface area (TPSA) is 131 Å². The molecule has 0 saturated carbocycles. The first-order valence-electron chi connectivity index (χ1n) is 14.5. The monoisotopic (exact) mass is 659 g/mol. The van der Waals surface area contributed by atoms with Crippen molar-refractivity contribution in [3.05, 3.63) is 76.8 Å². The van der Waals surface area contributed by atoms with Crippen LogP contribution in [-0.4, -0.2) is 62.7 Å². The molecular weight excluding hydrogens is 630 g/mol. The second kappa shape index (κ2) is 12.1. The quantitative estimate of drug-likeness (QED) is 0.213. The summed E-state index contributed by atoms with van der Waals surface area (Å²) in [4.78, 5) is 21.5. The van der Waals surface area contributed by atoms with E-state index >= 15 is 0 Å². The van der Waals surface area contributed by atoms with Crippen LogP contribution in [0.1, 0.15) is 36.6 Å². The number of nitrogen functional groups attached to an aromatic ring is 1. The van der Waals surface area contributed by atoms with Crippen molar-refractivity contribution in [2.45, 2.75) is 44.5 Å². The van der Waals surface area contributed by atoms with Crippen LogP contribution in [0.15, 0.2) is 54.7 Å². The van der Waals surface area contributed by atoms with Crippen molar-refractivity contribution in [2.24, 2.45) is 5.41 Å². The van der Waals surface area contributed by atoms with Gasteiger partial charge in [0.15, 0.2) is 0 Å². The number of nitrogens with zero attached hydrogens (tertiary/aromatic N) is 5. The minimum absolute atomic E-state index is 0.0850. The molecule has 1 spiro atoms. The molecule has 4 heterocycles. The Morgan fingerprint density at radius 1 is 1.13 bits per heavy atom. The summed E-state index contributed by atoms with van der Waals surface area (Å²) < 4.78 is 65.1. The molecule has 6 rings (SSSR count). The lowest BCUT2D eigenvalue weighted by molar-refractivity contribution is -0.198. The van der Waals surface area contributed by atoms with Gasteiger partial charge in [0.1, 0.15) is 17.7 Å². The number of carboxylic acids is 1. The number of carbonyl (C=O) groups is 1. The lowest BCUT2D eigenvalue weighted by Crippen LogP contribution is -2.41. The number of nitrogens with two attached hydrogens (primary N) is 1. The summed E-state index contributed by atoms with van der Waals surface area (Å²) in [6.07, 6.45) is -3.96. The van der Waals surface area contributed by atoms with Crippen LogP contribution in [0.5, 0.6) is 5.88 Å². The zero-order valence-electron chi connectivity index (χ0n) is 24.6. The average Bonchev–Trinajstić information content (AvgIpc) is 3.63. The number of aromatic nitrogens is 4. The zero-order valence-corrected chi connectivity index (χ0v) is 25.3. The third kappa shape index (κ3) is 6.44. The van der Waals surface area contributed by atoms with E-state index in [1.807, 2.05) is 4.90 Å². The highest BCUT2D eigenvalue weighted by Gasteiger charge is 2.46. The molecule has 46 heavy (non-hydrogen) atoms. The van der Waals surface area contributed by atoms with E-state index in [4.69, 9.17) is 22.1 Å². The van der Waals surface area contributed by atoms with Crippen LogP contribution >= 0.6 is 11.6 Å². The average molecular weight is 660 g/mol. The summed E-state index contributed by atoms with van der Waals surface area (Å²) in [7, 11) is 0. The maximum atomic E-state index is 14.8. The Balaban J connectivity index is 1.31. The Kier molecular flexibility index (Phi) is 8.27. The molecule has 0 amide bonds. The van der Waals surface area contributed by atoms with E-state index in [9.17, 15) is 27.5 Å². The standard InChI is InChI=1S/C31H30ClF4N7O3/c1-17-6-9-43(41-17)24-13-19(18-3-5-22(33)21(32)12-18)2-4-20(24)27(31(34,35)36)46-26-14-25(39-29(37)40-26)42-10-7-30(8-11-42)15-23(28(44)45)38-16-30/h2-6,9,12-14,23,27,38H,7-8,10-11,15-16H2,1H3,(H,44,45)(H2,37,39,40)/t23-,27?/m0/s1. The molecule has 0 aliphatic carbocycles.